The number of nitrogens with one attached hydrogen (secondary N) is 1. The number of rotatable bonds is 6. The molecule has 0 aromatic heterocycles. The van der Waals surface area contributed by atoms with Crippen LogP contribution in [0.25, 0.3) is 0 Å². The number of benzene rings is 1. The average Bonchev–Trinajstić information content (AvgIpc) is 2.27. The quantitative estimate of drug-likeness (QED) is 0.835. The molecular weight excluding hydrogens is 254 g/mol. The maximum atomic E-state index is 12.0. The maximum absolute atomic E-state index is 12.0. The molecule has 0 aliphatic rings. The molecule has 0 fully saturated rings. The lowest BCUT2D eigenvalue weighted by molar-refractivity contribution is -0.149. The first kappa shape index (κ1) is 16.2. The number of amides is 1. The molecule has 20 heavy (non-hydrogen) atoms. The van der Waals surface area contributed by atoms with Crippen molar-refractivity contribution < 1.29 is 14.7 Å². The molecule has 0 spiro atoms. The van der Waals surface area contributed by atoms with Gasteiger partial charge in [-0.05, 0) is 37.8 Å². The lowest BCUT2D eigenvalue weighted by Gasteiger charge is -2.31. The molecular formula is C16H23NO3. The molecule has 0 radical (unpaired) electrons. The summed E-state index contributed by atoms with van der Waals surface area (Å²) >= 11 is 0. The van der Waals surface area contributed by atoms with E-state index in [9.17, 15) is 14.7 Å². The third kappa shape index (κ3) is 5.03. The smallest absolute Gasteiger partial charge is 0.309 e. The van der Waals surface area contributed by atoms with E-state index >= 15 is 0 Å². The van der Waals surface area contributed by atoms with Crippen molar-refractivity contribution in [3.63, 3.8) is 0 Å². The van der Waals surface area contributed by atoms with Gasteiger partial charge in [-0.25, -0.2) is 0 Å². The summed E-state index contributed by atoms with van der Waals surface area (Å²) in [5.74, 6) is -0.934. The third-order valence-electron chi connectivity index (χ3n) is 3.20. The van der Waals surface area contributed by atoms with E-state index < -0.39 is 11.4 Å². The number of carboxylic acid groups (broad SMARTS) is 1. The monoisotopic (exact) mass is 277 g/mol. The molecule has 0 aliphatic carbocycles. The highest BCUT2D eigenvalue weighted by Crippen LogP contribution is 2.36. The number of carbonyl (C=O) groups is 2. The molecule has 0 saturated carbocycles. The third-order valence-corrected chi connectivity index (χ3v) is 3.20. The Morgan fingerprint density at radius 2 is 1.65 bits per heavy atom. The van der Waals surface area contributed by atoms with E-state index in [-0.39, 0.29) is 11.3 Å². The van der Waals surface area contributed by atoms with Gasteiger partial charge in [0, 0.05) is 12.1 Å². The molecule has 0 saturated heterocycles. The van der Waals surface area contributed by atoms with Crippen molar-refractivity contribution in [1.29, 1.82) is 0 Å². The van der Waals surface area contributed by atoms with Crippen LogP contribution < -0.4 is 5.32 Å². The van der Waals surface area contributed by atoms with Crippen molar-refractivity contribution in [3.05, 3.63) is 30.3 Å². The number of hydrogen-bond acceptors (Lipinski definition) is 2. The molecule has 2 N–H and O–H groups in total. The first-order chi connectivity index (χ1) is 9.12. The van der Waals surface area contributed by atoms with E-state index in [4.69, 9.17) is 0 Å². The Kier molecular flexibility index (Phi) is 4.93. The van der Waals surface area contributed by atoms with E-state index in [0.717, 1.165) is 5.69 Å². The summed E-state index contributed by atoms with van der Waals surface area (Å²) in [7, 11) is 0. The van der Waals surface area contributed by atoms with Gasteiger partial charge in [-0.1, -0.05) is 32.0 Å². The predicted octanol–water partition coefficient (Wildman–Crippen LogP) is 3.54. The fourth-order valence-corrected chi connectivity index (χ4v) is 2.50. The fraction of sp³-hybridized carbons (Fsp3) is 0.500. The second-order valence-electron chi connectivity index (χ2n) is 6.62. The van der Waals surface area contributed by atoms with Gasteiger partial charge < -0.3 is 10.4 Å². The van der Waals surface area contributed by atoms with Gasteiger partial charge in [0.1, 0.15) is 0 Å². The fourth-order valence-electron chi connectivity index (χ4n) is 2.50. The summed E-state index contributed by atoms with van der Waals surface area (Å²) < 4.78 is 0. The first-order valence-electron chi connectivity index (χ1n) is 6.71. The number of carboxylic acids is 1. The molecule has 0 aliphatic heterocycles. The van der Waals surface area contributed by atoms with Crippen LogP contribution >= 0.6 is 0 Å². The minimum absolute atomic E-state index is 0.0950. The lowest BCUT2D eigenvalue weighted by atomic mass is 9.73. The van der Waals surface area contributed by atoms with Gasteiger partial charge in [-0.2, -0.15) is 0 Å². The molecule has 0 unspecified atom stereocenters. The summed E-state index contributed by atoms with van der Waals surface area (Å²) in [6, 6.07) is 9.25. The molecule has 1 aromatic rings. The minimum Gasteiger partial charge on any atom is -0.481 e. The topological polar surface area (TPSA) is 66.4 Å². The average molecular weight is 277 g/mol. The van der Waals surface area contributed by atoms with Crippen LogP contribution in [0.15, 0.2) is 30.3 Å². The van der Waals surface area contributed by atoms with Crippen molar-refractivity contribution in [2.75, 3.05) is 5.32 Å². The molecule has 4 heteroatoms. The highest BCUT2D eigenvalue weighted by molar-refractivity contribution is 5.91. The largest absolute Gasteiger partial charge is 0.481 e. The standard InChI is InChI=1S/C16H23NO3/c1-15(2,11-16(3,4)14(19)20)10-13(18)17-12-8-6-5-7-9-12/h5-9H,10-11H2,1-4H3,(H,17,18)(H,19,20). The van der Waals surface area contributed by atoms with Gasteiger partial charge in [0.25, 0.3) is 0 Å². The van der Waals surface area contributed by atoms with Gasteiger partial charge in [-0.15, -0.1) is 0 Å². The Bertz CT molecular complexity index is 478. The SMILES string of the molecule is CC(C)(CC(=O)Nc1ccccc1)CC(C)(C)C(=O)O. The summed E-state index contributed by atoms with van der Waals surface area (Å²) in [6.45, 7) is 7.21. The number of aliphatic carboxylic acids is 1. The second-order valence-corrected chi connectivity index (χ2v) is 6.62. The molecule has 1 rings (SSSR count). The summed E-state index contributed by atoms with van der Waals surface area (Å²) in [5.41, 5.74) is -0.456. The van der Waals surface area contributed by atoms with Crippen molar-refractivity contribution in [3.8, 4) is 0 Å². The Morgan fingerprint density at radius 3 is 2.15 bits per heavy atom. The van der Waals surface area contributed by atoms with E-state index in [1.54, 1.807) is 13.8 Å². The van der Waals surface area contributed by atoms with Gasteiger partial charge >= 0.3 is 5.97 Å². The Balaban J connectivity index is 2.62. The van der Waals surface area contributed by atoms with Crippen molar-refractivity contribution in [2.24, 2.45) is 10.8 Å². The van der Waals surface area contributed by atoms with E-state index in [0.29, 0.717) is 12.8 Å². The molecule has 1 amide bonds. The van der Waals surface area contributed by atoms with Crippen LogP contribution in [0.3, 0.4) is 0 Å². The Morgan fingerprint density at radius 1 is 1.10 bits per heavy atom. The van der Waals surface area contributed by atoms with Gasteiger partial charge in [-0.3, -0.25) is 9.59 Å². The van der Waals surface area contributed by atoms with Crippen LogP contribution in [0.2, 0.25) is 0 Å². The molecule has 0 atom stereocenters. The maximum Gasteiger partial charge on any atom is 0.309 e. The number of para-hydroxylation sites is 1. The van der Waals surface area contributed by atoms with E-state index in [1.807, 2.05) is 44.2 Å². The first-order valence-corrected chi connectivity index (χ1v) is 6.71. The molecule has 0 bridgehead atoms. The van der Waals surface area contributed by atoms with Crippen LogP contribution in [0.5, 0.6) is 0 Å². The molecule has 0 heterocycles. The summed E-state index contributed by atoms with van der Waals surface area (Å²) in [4.78, 5) is 23.2. The van der Waals surface area contributed by atoms with E-state index in [1.165, 1.54) is 0 Å². The van der Waals surface area contributed by atoms with Crippen LogP contribution in [-0.4, -0.2) is 17.0 Å². The van der Waals surface area contributed by atoms with Crippen molar-refractivity contribution >= 4 is 17.6 Å². The Labute approximate surface area is 120 Å². The molecule has 110 valence electrons. The number of anilines is 1. The van der Waals surface area contributed by atoms with E-state index in [2.05, 4.69) is 5.32 Å². The van der Waals surface area contributed by atoms with Crippen LogP contribution in [0.1, 0.15) is 40.5 Å². The zero-order valence-corrected chi connectivity index (χ0v) is 12.6. The van der Waals surface area contributed by atoms with Crippen molar-refractivity contribution in [1.82, 2.24) is 0 Å². The van der Waals surface area contributed by atoms with Gasteiger partial charge in [0.2, 0.25) is 5.91 Å². The normalized spacial score (nSPS) is 12.0. The van der Waals surface area contributed by atoms with Gasteiger partial charge in [0.15, 0.2) is 0 Å². The highest BCUT2D eigenvalue weighted by atomic mass is 16.4. The number of carbonyl (C=O) groups excluding carboxylic acids is 1. The number of hydrogen-bond donors (Lipinski definition) is 2. The van der Waals surface area contributed by atoms with Gasteiger partial charge in [0.05, 0.1) is 5.41 Å². The highest BCUT2D eigenvalue weighted by Gasteiger charge is 2.35. The van der Waals surface area contributed by atoms with Crippen molar-refractivity contribution in [2.45, 2.75) is 40.5 Å². The summed E-state index contributed by atoms with van der Waals surface area (Å²) in [6.07, 6.45) is 0.732. The summed E-state index contributed by atoms with van der Waals surface area (Å²) in [5, 5.41) is 12.0. The van der Waals surface area contributed by atoms with Crippen LogP contribution in [-0.2, 0) is 9.59 Å². The Hall–Kier alpha value is -1.84. The van der Waals surface area contributed by atoms with Crippen LogP contribution in [0.4, 0.5) is 5.69 Å². The zero-order valence-electron chi connectivity index (χ0n) is 12.6. The lowest BCUT2D eigenvalue weighted by Crippen LogP contribution is -2.32. The second kappa shape index (κ2) is 6.07. The molecule has 4 nitrogen and oxygen atoms in total. The minimum atomic E-state index is -0.839. The molecule has 1 aromatic carbocycles. The predicted molar refractivity (Wildman–Crippen MR) is 79.5 cm³/mol. The zero-order chi connectivity index (χ0) is 15.4. The van der Waals surface area contributed by atoms with Crippen LogP contribution in [0, 0.1) is 10.8 Å².